The molecule has 0 aromatic heterocycles. The summed E-state index contributed by atoms with van der Waals surface area (Å²) in [7, 11) is 0. The van der Waals surface area contributed by atoms with Crippen molar-refractivity contribution in [3.63, 3.8) is 0 Å². The Morgan fingerprint density at radius 1 is 1.12 bits per heavy atom. The van der Waals surface area contributed by atoms with Crippen LogP contribution in [0, 0.1) is 11.3 Å². The zero-order chi connectivity index (χ0) is 11.6. The predicted octanol–water partition coefficient (Wildman–Crippen LogP) is 4.02. The van der Waals surface area contributed by atoms with Crippen molar-refractivity contribution in [3.8, 4) is 6.07 Å². The molecule has 2 heteroatoms. The van der Waals surface area contributed by atoms with Gasteiger partial charge >= 0.3 is 0 Å². The van der Waals surface area contributed by atoms with E-state index in [0.29, 0.717) is 17.4 Å². The molecule has 0 fully saturated rings. The van der Waals surface area contributed by atoms with Crippen molar-refractivity contribution in [2.24, 2.45) is 0 Å². The molecule has 1 rings (SSSR count). The van der Waals surface area contributed by atoms with E-state index in [1.807, 2.05) is 12.1 Å². The molecule has 0 saturated heterocycles. The molecule has 0 bridgehead atoms. The van der Waals surface area contributed by atoms with Crippen LogP contribution in [0.3, 0.4) is 0 Å². The van der Waals surface area contributed by atoms with Crippen molar-refractivity contribution in [1.82, 2.24) is 0 Å². The minimum absolute atomic E-state index is 0. The van der Waals surface area contributed by atoms with E-state index in [0.717, 1.165) is 16.8 Å². The number of hydrogen-bond acceptors (Lipinski definition) is 2. The number of nitriles is 1. The van der Waals surface area contributed by atoms with Gasteiger partial charge in [0.2, 0.25) is 0 Å². The highest BCUT2D eigenvalue weighted by atomic mass is 14.6. The maximum Gasteiger partial charge on any atom is 0.0995 e. The first-order valence-corrected chi connectivity index (χ1v) is 5.31. The van der Waals surface area contributed by atoms with Gasteiger partial charge in [-0.05, 0) is 29.0 Å². The van der Waals surface area contributed by atoms with Crippen molar-refractivity contribution in [1.29, 1.82) is 5.26 Å². The SMILES string of the molecule is C.CC(C)c1ccc(C#N)c(C(C)C)c1N. The standard InChI is InChI=1S/C13H18N2.CH4/c1-8(2)11-6-5-10(7-14)12(9(3)4)13(11)15;/h5-6,8-9H,15H2,1-4H3;1H4. The van der Waals surface area contributed by atoms with Crippen molar-refractivity contribution >= 4 is 5.69 Å². The van der Waals surface area contributed by atoms with E-state index in [-0.39, 0.29) is 7.43 Å². The summed E-state index contributed by atoms with van der Waals surface area (Å²) < 4.78 is 0. The third-order valence-corrected chi connectivity index (χ3v) is 2.64. The predicted molar refractivity (Wildman–Crippen MR) is 70.5 cm³/mol. The van der Waals surface area contributed by atoms with Gasteiger partial charge in [-0.15, -0.1) is 0 Å². The van der Waals surface area contributed by atoms with E-state index in [9.17, 15) is 0 Å². The average molecular weight is 218 g/mol. The van der Waals surface area contributed by atoms with Crippen LogP contribution in [0.15, 0.2) is 12.1 Å². The molecule has 0 spiro atoms. The van der Waals surface area contributed by atoms with Crippen molar-refractivity contribution < 1.29 is 0 Å². The van der Waals surface area contributed by atoms with Gasteiger partial charge in [0.1, 0.15) is 0 Å². The highest BCUT2D eigenvalue weighted by Gasteiger charge is 2.15. The molecular formula is C14H22N2. The second-order valence-electron chi connectivity index (χ2n) is 4.45. The topological polar surface area (TPSA) is 49.8 Å². The lowest BCUT2D eigenvalue weighted by molar-refractivity contribution is 0.837. The average Bonchev–Trinajstić information content (AvgIpc) is 2.15. The normalized spacial score (nSPS) is 10.1. The van der Waals surface area contributed by atoms with Crippen LogP contribution < -0.4 is 5.73 Å². The zero-order valence-corrected chi connectivity index (χ0v) is 9.83. The maximum absolute atomic E-state index is 9.02. The van der Waals surface area contributed by atoms with Gasteiger partial charge in [0.25, 0.3) is 0 Å². The third-order valence-electron chi connectivity index (χ3n) is 2.64. The lowest BCUT2D eigenvalue weighted by atomic mass is 9.89. The molecule has 88 valence electrons. The molecule has 16 heavy (non-hydrogen) atoms. The van der Waals surface area contributed by atoms with Gasteiger partial charge in [0.15, 0.2) is 0 Å². The molecule has 0 heterocycles. The molecule has 0 radical (unpaired) electrons. The molecule has 1 aromatic rings. The molecule has 0 amide bonds. The second kappa shape index (κ2) is 5.55. The maximum atomic E-state index is 9.02. The highest BCUT2D eigenvalue weighted by molar-refractivity contribution is 5.62. The number of anilines is 1. The number of nitrogen functional groups attached to an aromatic ring is 1. The van der Waals surface area contributed by atoms with E-state index < -0.39 is 0 Å². The third kappa shape index (κ3) is 2.55. The Kier molecular flexibility index (Phi) is 5.04. The smallest absolute Gasteiger partial charge is 0.0995 e. The monoisotopic (exact) mass is 218 g/mol. The van der Waals surface area contributed by atoms with E-state index in [2.05, 4.69) is 33.8 Å². The number of benzene rings is 1. The number of nitrogens with two attached hydrogens (primary N) is 1. The molecule has 1 aromatic carbocycles. The molecule has 0 atom stereocenters. The van der Waals surface area contributed by atoms with Crippen LogP contribution in [-0.4, -0.2) is 0 Å². The highest BCUT2D eigenvalue weighted by Crippen LogP contribution is 2.32. The lowest BCUT2D eigenvalue weighted by Crippen LogP contribution is -2.05. The Morgan fingerprint density at radius 2 is 1.69 bits per heavy atom. The first-order chi connectivity index (χ1) is 6.99. The van der Waals surface area contributed by atoms with E-state index in [1.165, 1.54) is 0 Å². The molecular weight excluding hydrogens is 196 g/mol. The van der Waals surface area contributed by atoms with Gasteiger partial charge in [-0.3, -0.25) is 0 Å². The molecule has 0 aliphatic heterocycles. The van der Waals surface area contributed by atoms with Crippen LogP contribution in [0.5, 0.6) is 0 Å². The van der Waals surface area contributed by atoms with Crippen LogP contribution in [0.2, 0.25) is 0 Å². The van der Waals surface area contributed by atoms with E-state index >= 15 is 0 Å². The van der Waals surface area contributed by atoms with Gasteiger partial charge < -0.3 is 5.73 Å². The molecule has 0 aliphatic carbocycles. The number of hydrogen-bond donors (Lipinski definition) is 1. The first kappa shape index (κ1) is 14.5. The summed E-state index contributed by atoms with van der Waals surface area (Å²) in [6.07, 6.45) is 0. The number of rotatable bonds is 2. The van der Waals surface area contributed by atoms with Crippen LogP contribution in [-0.2, 0) is 0 Å². The van der Waals surface area contributed by atoms with Crippen LogP contribution in [0.1, 0.15) is 63.6 Å². The fourth-order valence-electron chi connectivity index (χ4n) is 1.88. The minimum atomic E-state index is 0. The van der Waals surface area contributed by atoms with E-state index in [4.69, 9.17) is 11.0 Å². The van der Waals surface area contributed by atoms with Crippen LogP contribution >= 0.6 is 0 Å². The minimum Gasteiger partial charge on any atom is -0.398 e. The Hall–Kier alpha value is -1.49. The lowest BCUT2D eigenvalue weighted by Gasteiger charge is -2.17. The second-order valence-corrected chi connectivity index (χ2v) is 4.45. The summed E-state index contributed by atoms with van der Waals surface area (Å²) in [5.74, 6) is 0.689. The van der Waals surface area contributed by atoms with Gasteiger partial charge in [-0.25, -0.2) is 0 Å². The van der Waals surface area contributed by atoms with Crippen LogP contribution in [0.4, 0.5) is 5.69 Å². The Balaban J connectivity index is 0.00000225. The Labute approximate surface area is 99.1 Å². The molecule has 2 N–H and O–H groups in total. The van der Waals surface area contributed by atoms with Crippen molar-refractivity contribution in [2.45, 2.75) is 47.0 Å². The summed E-state index contributed by atoms with van der Waals surface area (Å²) in [6, 6.07) is 6.04. The quantitative estimate of drug-likeness (QED) is 0.762. The van der Waals surface area contributed by atoms with Gasteiger partial charge in [0, 0.05) is 5.69 Å². The largest absolute Gasteiger partial charge is 0.398 e. The first-order valence-electron chi connectivity index (χ1n) is 5.31. The summed E-state index contributed by atoms with van der Waals surface area (Å²) in [5, 5.41) is 9.02. The summed E-state index contributed by atoms with van der Waals surface area (Å²) in [4.78, 5) is 0. The van der Waals surface area contributed by atoms with Gasteiger partial charge in [0.05, 0.1) is 11.6 Å². The summed E-state index contributed by atoms with van der Waals surface area (Å²) in [6.45, 7) is 8.36. The van der Waals surface area contributed by atoms with E-state index in [1.54, 1.807) is 0 Å². The van der Waals surface area contributed by atoms with Gasteiger partial charge in [-0.2, -0.15) is 5.26 Å². The molecule has 0 aliphatic rings. The van der Waals surface area contributed by atoms with Crippen LogP contribution in [0.25, 0.3) is 0 Å². The van der Waals surface area contributed by atoms with Crippen molar-refractivity contribution in [2.75, 3.05) is 5.73 Å². The fourth-order valence-corrected chi connectivity index (χ4v) is 1.88. The Morgan fingerprint density at radius 3 is 2.06 bits per heavy atom. The van der Waals surface area contributed by atoms with Gasteiger partial charge in [-0.1, -0.05) is 41.2 Å². The molecule has 0 saturated carbocycles. The molecule has 0 unspecified atom stereocenters. The summed E-state index contributed by atoms with van der Waals surface area (Å²) in [5.41, 5.74) is 9.73. The Bertz CT molecular complexity index is 398. The zero-order valence-electron chi connectivity index (χ0n) is 9.83. The van der Waals surface area contributed by atoms with Crippen molar-refractivity contribution in [3.05, 3.63) is 28.8 Å². The molecule has 2 nitrogen and oxygen atoms in total. The number of nitrogens with zero attached hydrogens (tertiary/aromatic N) is 1. The fraction of sp³-hybridized carbons (Fsp3) is 0.500. The summed E-state index contributed by atoms with van der Waals surface area (Å²) >= 11 is 0.